The first kappa shape index (κ1) is 10.8. The number of hydrogen-bond acceptors (Lipinski definition) is 1. The molecule has 2 aliphatic carbocycles. The van der Waals surface area contributed by atoms with Crippen LogP contribution in [0.25, 0.3) is 0 Å². The van der Waals surface area contributed by atoms with Gasteiger partial charge in [-0.05, 0) is 36.7 Å². The van der Waals surface area contributed by atoms with Crippen LogP contribution in [0.15, 0.2) is 30.3 Å². The molecule has 17 heavy (non-hydrogen) atoms. The van der Waals surface area contributed by atoms with Crippen LogP contribution >= 0.6 is 0 Å². The van der Waals surface area contributed by atoms with Gasteiger partial charge in [-0.2, -0.15) is 0 Å². The fourth-order valence-electron chi connectivity index (χ4n) is 3.89. The molecule has 2 nitrogen and oxygen atoms in total. The highest BCUT2D eigenvalue weighted by Crippen LogP contribution is 2.52. The van der Waals surface area contributed by atoms with Crippen molar-refractivity contribution in [3.63, 3.8) is 0 Å². The molecule has 0 radical (unpaired) electrons. The van der Waals surface area contributed by atoms with E-state index in [-0.39, 0.29) is 5.91 Å². The monoisotopic (exact) mass is 229 g/mol. The van der Waals surface area contributed by atoms with Crippen molar-refractivity contribution in [2.45, 2.75) is 38.1 Å². The Bertz CT molecular complexity index is 414. The van der Waals surface area contributed by atoms with Crippen LogP contribution in [0.3, 0.4) is 0 Å². The van der Waals surface area contributed by atoms with E-state index in [1.807, 2.05) is 0 Å². The van der Waals surface area contributed by atoms with Gasteiger partial charge in [0.2, 0.25) is 5.91 Å². The molecule has 1 N–H and O–H groups in total. The molecule has 0 aromatic heterocycles. The zero-order valence-electron chi connectivity index (χ0n) is 10.2. The molecule has 0 aliphatic heterocycles. The van der Waals surface area contributed by atoms with Gasteiger partial charge < -0.3 is 5.32 Å². The maximum absolute atomic E-state index is 11.3. The minimum atomic E-state index is 0.114. The molecule has 2 heteroatoms. The Kier molecular flexibility index (Phi) is 2.65. The van der Waals surface area contributed by atoms with Crippen molar-refractivity contribution in [2.24, 2.45) is 11.8 Å². The topological polar surface area (TPSA) is 29.1 Å². The van der Waals surface area contributed by atoms with Gasteiger partial charge in [0.1, 0.15) is 0 Å². The lowest BCUT2D eigenvalue weighted by atomic mass is 9.80. The molecule has 1 aromatic rings. The van der Waals surface area contributed by atoms with Crippen LogP contribution in [0, 0.1) is 11.8 Å². The SMILES string of the molecule is CC(=O)N[C@H]1[C@@H]2CC[C@@H](C2)[C@@H]1c1ccccc1. The minimum Gasteiger partial charge on any atom is -0.353 e. The van der Waals surface area contributed by atoms with Gasteiger partial charge >= 0.3 is 0 Å². The van der Waals surface area contributed by atoms with E-state index < -0.39 is 0 Å². The van der Waals surface area contributed by atoms with Crippen LogP contribution in [0.1, 0.15) is 37.7 Å². The first-order chi connectivity index (χ1) is 8.25. The molecule has 1 amide bonds. The smallest absolute Gasteiger partial charge is 0.217 e. The van der Waals surface area contributed by atoms with Gasteiger partial charge in [-0.25, -0.2) is 0 Å². The molecular formula is C15H19NO. The second kappa shape index (κ2) is 4.17. The number of fused-ring (bicyclic) bond motifs is 2. The lowest BCUT2D eigenvalue weighted by Gasteiger charge is -2.31. The predicted molar refractivity (Wildman–Crippen MR) is 67.6 cm³/mol. The average molecular weight is 229 g/mol. The zero-order valence-corrected chi connectivity index (χ0v) is 10.2. The quantitative estimate of drug-likeness (QED) is 0.830. The summed E-state index contributed by atoms with van der Waals surface area (Å²) in [5, 5.41) is 3.18. The summed E-state index contributed by atoms with van der Waals surface area (Å²) in [6.45, 7) is 1.63. The number of carbonyl (C=O) groups excluding carboxylic acids is 1. The molecule has 0 spiro atoms. The number of rotatable bonds is 2. The Morgan fingerprint density at radius 2 is 1.88 bits per heavy atom. The Morgan fingerprint density at radius 1 is 1.18 bits per heavy atom. The molecule has 0 unspecified atom stereocenters. The fourth-order valence-corrected chi connectivity index (χ4v) is 3.89. The molecule has 2 saturated carbocycles. The van der Waals surface area contributed by atoms with E-state index in [0.29, 0.717) is 17.9 Å². The van der Waals surface area contributed by atoms with E-state index in [1.165, 1.54) is 24.8 Å². The Balaban J connectivity index is 1.88. The minimum absolute atomic E-state index is 0.114. The third-order valence-electron chi connectivity index (χ3n) is 4.47. The summed E-state index contributed by atoms with van der Waals surface area (Å²) in [6, 6.07) is 11.1. The highest BCUT2D eigenvalue weighted by atomic mass is 16.1. The van der Waals surface area contributed by atoms with E-state index >= 15 is 0 Å². The first-order valence-corrected chi connectivity index (χ1v) is 6.58. The number of amides is 1. The van der Waals surface area contributed by atoms with E-state index in [4.69, 9.17) is 0 Å². The summed E-state index contributed by atoms with van der Waals surface area (Å²) in [5.41, 5.74) is 1.40. The summed E-state index contributed by atoms with van der Waals surface area (Å²) < 4.78 is 0. The van der Waals surface area contributed by atoms with Gasteiger partial charge in [0.15, 0.2) is 0 Å². The lowest BCUT2D eigenvalue weighted by Crippen LogP contribution is -2.41. The van der Waals surface area contributed by atoms with Crippen LogP contribution in [0.4, 0.5) is 0 Å². The molecule has 2 bridgehead atoms. The molecule has 3 rings (SSSR count). The molecule has 0 saturated heterocycles. The zero-order chi connectivity index (χ0) is 11.8. The second-order valence-corrected chi connectivity index (χ2v) is 5.50. The van der Waals surface area contributed by atoms with Crippen LogP contribution in [0.5, 0.6) is 0 Å². The first-order valence-electron chi connectivity index (χ1n) is 6.58. The Hall–Kier alpha value is -1.31. The van der Waals surface area contributed by atoms with Crippen molar-refractivity contribution < 1.29 is 4.79 Å². The highest BCUT2D eigenvalue weighted by molar-refractivity contribution is 5.73. The molecule has 90 valence electrons. The molecule has 2 fully saturated rings. The summed E-state index contributed by atoms with van der Waals surface area (Å²) in [7, 11) is 0. The van der Waals surface area contributed by atoms with Crippen LogP contribution in [-0.2, 0) is 4.79 Å². The van der Waals surface area contributed by atoms with Crippen molar-refractivity contribution in [2.75, 3.05) is 0 Å². The van der Waals surface area contributed by atoms with Gasteiger partial charge in [-0.15, -0.1) is 0 Å². The second-order valence-electron chi connectivity index (χ2n) is 5.50. The summed E-state index contributed by atoms with van der Waals surface area (Å²) >= 11 is 0. The normalized spacial score (nSPS) is 34.9. The fraction of sp³-hybridized carbons (Fsp3) is 0.533. The van der Waals surface area contributed by atoms with Crippen molar-refractivity contribution >= 4 is 5.91 Å². The number of nitrogens with one attached hydrogen (secondary N) is 1. The van der Waals surface area contributed by atoms with Crippen molar-refractivity contribution in [3.05, 3.63) is 35.9 Å². The van der Waals surface area contributed by atoms with Gasteiger partial charge in [0, 0.05) is 18.9 Å². The average Bonchev–Trinajstić information content (AvgIpc) is 2.90. The van der Waals surface area contributed by atoms with E-state index in [9.17, 15) is 4.79 Å². The van der Waals surface area contributed by atoms with Gasteiger partial charge in [-0.1, -0.05) is 30.3 Å². The summed E-state index contributed by atoms with van der Waals surface area (Å²) in [6.07, 6.45) is 3.92. The molecule has 2 aliphatic rings. The molecule has 4 atom stereocenters. The molecule has 1 aromatic carbocycles. The standard InChI is InChI=1S/C15H19NO/c1-10(17)16-15-13-8-7-12(9-13)14(15)11-5-3-2-4-6-11/h2-6,12-15H,7-9H2,1H3,(H,16,17)/t12-,13+,14-,15-/m0/s1. The van der Waals surface area contributed by atoms with E-state index in [1.54, 1.807) is 6.92 Å². The van der Waals surface area contributed by atoms with Gasteiger partial charge in [0.05, 0.1) is 0 Å². The molecular weight excluding hydrogens is 210 g/mol. The van der Waals surface area contributed by atoms with E-state index in [0.717, 1.165) is 5.92 Å². The van der Waals surface area contributed by atoms with E-state index in [2.05, 4.69) is 35.6 Å². The maximum Gasteiger partial charge on any atom is 0.217 e. The van der Waals surface area contributed by atoms with Crippen molar-refractivity contribution in [3.8, 4) is 0 Å². The Morgan fingerprint density at radius 3 is 2.59 bits per heavy atom. The van der Waals surface area contributed by atoms with Crippen LogP contribution in [0.2, 0.25) is 0 Å². The Labute approximate surface area is 102 Å². The molecule has 0 heterocycles. The number of benzene rings is 1. The number of hydrogen-bond donors (Lipinski definition) is 1. The maximum atomic E-state index is 11.3. The third kappa shape index (κ3) is 1.86. The number of carbonyl (C=O) groups is 1. The van der Waals surface area contributed by atoms with Crippen LogP contribution in [-0.4, -0.2) is 11.9 Å². The lowest BCUT2D eigenvalue weighted by molar-refractivity contribution is -0.120. The summed E-state index contributed by atoms with van der Waals surface area (Å²) in [4.78, 5) is 11.3. The van der Waals surface area contributed by atoms with Crippen LogP contribution < -0.4 is 5.32 Å². The third-order valence-corrected chi connectivity index (χ3v) is 4.47. The predicted octanol–water partition coefficient (Wildman–Crippen LogP) is 2.70. The van der Waals surface area contributed by atoms with Crippen molar-refractivity contribution in [1.82, 2.24) is 5.32 Å². The van der Waals surface area contributed by atoms with Gasteiger partial charge in [0.25, 0.3) is 0 Å². The summed E-state index contributed by atoms with van der Waals surface area (Å²) in [5.74, 6) is 2.13. The largest absolute Gasteiger partial charge is 0.353 e. The van der Waals surface area contributed by atoms with Crippen molar-refractivity contribution in [1.29, 1.82) is 0 Å². The highest BCUT2D eigenvalue weighted by Gasteiger charge is 2.48. The van der Waals surface area contributed by atoms with Gasteiger partial charge in [-0.3, -0.25) is 4.79 Å².